The molecule has 1 aliphatic rings. The molecule has 1 aliphatic heterocycles. The first kappa shape index (κ1) is 17.4. The van der Waals surface area contributed by atoms with E-state index < -0.39 is 0 Å². The number of carbonyl (C=O) groups is 1. The molecule has 0 spiro atoms. The Morgan fingerprint density at radius 3 is 2.70 bits per heavy atom. The van der Waals surface area contributed by atoms with Crippen molar-refractivity contribution >= 4 is 34.2 Å². The van der Waals surface area contributed by atoms with Gasteiger partial charge in [0, 0.05) is 12.1 Å². The van der Waals surface area contributed by atoms with Crippen LogP contribution in [-0.2, 0) is 0 Å². The van der Waals surface area contributed by atoms with E-state index in [4.69, 9.17) is 0 Å². The van der Waals surface area contributed by atoms with Gasteiger partial charge in [0.2, 0.25) is 0 Å². The number of benzene rings is 1. The van der Waals surface area contributed by atoms with E-state index in [0.29, 0.717) is 16.6 Å². The van der Waals surface area contributed by atoms with Crippen LogP contribution < -0.4 is 10.6 Å². The zero-order valence-corrected chi connectivity index (χ0v) is 13.7. The molecule has 0 atom stereocenters. The smallest absolute Gasteiger partial charge is 0.251 e. The SMILES string of the molecule is CC1(CNC(=O)c2ccc(F)c(Br)c2)CCNCC1.Cl. The highest BCUT2D eigenvalue weighted by Gasteiger charge is 2.27. The Hall–Kier alpha value is -0.650. The minimum atomic E-state index is -0.359. The molecule has 0 saturated carbocycles. The molecule has 112 valence electrons. The second-order valence-corrected chi connectivity index (χ2v) is 6.23. The zero-order valence-electron chi connectivity index (χ0n) is 11.3. The third kappa shape index (κ3) is 4.43. The summed E-state index contributed by atoms with van der Waals surface area (Å²) in [4.78, 5) is 12.0. The van der Waals surface area contributed by atoms with Crippen molar-refractivity contribution in [1.82, 2.24) is 10.6 Å². The molecule has 2 rings (SSSR count). The summed E-state index contributed by atoms with van der Waals surface area (Å²) >= 11 is 3.09. The standard InChI is InChI=1S/C14H18BrFN2O.ClH/c1-14(4-6-17-7-5-14)9-18-13(19)10-2-3-12(16)11(15)8-10;/h2-3,8,17H,4-7,9H2,1H3,(H,18,19);1H. The van der Waals surface area contributed by atoms with Crippen molar-refractivity contribution in [3.05, 3.63) is 34.1 Å². The first-order valence-electron chi connectivity index (χ1n) is 6.44. The molecule has 1 saturated heterocycles. The van der Waals surface area contributed by atoms with Gasteiger partial charge in [-0.1, -0.05) is 6.92 Å². The van der Waals surface area contributed by atoms with E-state index in [0.717, 1.165) is 25.9 Å². The molecular weight excluding hydrogens is 347 g/mol. The van der Waals surface area contributed by atoms with E-state index in [2.05, 4.69) is 33.5 Å². The molecule has 1 aromatic rings. The fourth-order valence-electron chi connectivity index (χ4n) is 2.24. The highest BCUT2D eigenvalue weighted by molar-refractivity contribution is 9.10. The van der Waals surface area contributed by atoms with E-state index in [1.165, 1.54) is 18.2 Å². The fraction of sp³-hybridized carbons (Fsp3) is 0.500. The summed E-state index contributed by atoms with van der Waals surface area (Å²) in [5.74, 6) is -0.512. The summed E-state index contributed by atoms with van der Waals surface area (Å²) in [6.45, 7) is 4.83. The number of nitrogens with one attached hydrogen (secondary N) is 2. The van der Waals surface area contributed by atoms with Crippen LogP contribution in [0.1, 0.15) is 30.1 Å². The molecule has 2 N–H and O–H groups in total. The number of rotatable bonds is 3. The molecular formula is C14H19BrClFN2O. The number of piperidine rings is 1. The van der Waals surface area contributed by atoms with Crippen molar-refractivity contribution in [2.45, 2.75) is 19.8 Å². The van der Waals surface area contributed by atoms with Gasteiger partial charge in [-0.3, -0.25) is 4.79 Å². The van der Waals surface area contributed by atoms with Gasteiger partial charge < -0.3 is 10.6 Å². The van der Waals surface area contributed by atoms with Crippen LogP contribution in [0.25, 0.3) is 0 Å². The first-order valence-corrected chi connectivity index (χ1v) is 7.23. The van der Waals surface area contributed by atoms with Crippen LogP contribution in [0.15, 0.2) is 22.7 Å². The maximum Gasteiger partial charge on any atom is 0.251 e. The van der Waals surface area contributed by atoms with E-state index in [-0.39, 0.29) is 29.5 Å². The third-order valence-corrected chi connectivity index (χ3v) is 4.28. The molecule has 1 heterocycles. The van der Waals surface area contributed by atoms with Gasteiger partial charge in [0.25, 0.3) is 5.91 Å². The number of hydrogen-bond donors (Lipinski definition) is 2. The summed E-state index contributed by atoms with van der Waals surface area (Å²) < 4.78 is 13.4. The first-order chi connectivity index (χ1) is 9.00. The summed E-state index contributed by atoms with van der Waals surface area (Å²) in [6, 6.07) is 4.31. The molecule has 0 radical (unpaired) electrons. The maximum atomic E-state index is 13.1. The second-order valence-electron chi connectivity index (χ2n) is 5.37. The van der Waals surface area contributed by atoms with Crippen LogP contribution >= 0.6 is 28.3 Å². The van der Waals surface area contributed by atoms with Crippen LogP contribution in [-0.4, -0.2) is 25.5 Å². The largest absolute Gasteiger partial charge is 0.351 e. The quantitative estimate of drug-likeness (QED) is 0.864. The predicted molar refractivity (Wildman–Crippen MR) is 83.9 cm³/mol. The topological polar surface area (TPSA) is 41.1 Å². The normalized spacial score (nSPS) is 17.1. The minimum absolute atomic E-state index is 0. The lowest BCUT2D eigenvalue weighted by atomic mass is 9.81. The number of halogens is 3. The summed E-state index contributed by atoms with van der Waals surface area (Å²) in [7, 11) is 0. The third-order valence-electron chi connectivity index (χ3n) is 3.67. The monoisotopic (exact) mass is 364 g/mol. The van der Waals surface area contributed by atoms with Gasteiger partial charge in [0.05, 0.1) is 4.47 Å². The Bertz CT molecular complexity index is 478. The Balaban J connectivity index is 0.00000200. The lowest BCUT2D eigenvalue weighted by Gasteiger charge is -2.34. The predicted octanol–water partition coefficient (Wildman–Crippen LogP) is 3.13. The molecule has 1 amide bonds. The molecule has 3 nitrogen and oxygen atoms in total. The maximum absolute atomic E-state index is 13.1. The summed E-state index contributed by atoms with van der Waals surface area (Å²) in [6.07, 6.45) is 2.11. The number of carbonyl (C=O) groups excluding carboxylic acids is 1. The van der Waals surface area contributed by atoms with Crippen LogP contribution in [0, 0.1) is 11.2 Å². The molecule has 0 aliphatic carbocycles. The van der Waals surface area contributed by atoms with Crippen molar-refractivity contribution < 1.29 is 9.18 Å². The Labute approximate surface area is 133 Å². The van der Waals surface area contributed by atoms with Gasteiger partial charge in [-0.2, -0.15) is 0 Å². The van der Waals surface area contributed by atoms with Crippen LogP contribution in [0.4, 0.5) is 4.39 Å². The van der Waals surface area contributed by atoms with Gasteiger partial charge >= 0.3 is 0 Å². The molecule has 0 unspecified atom stereocenters. The summed E-state index contributed by atoms with van der Waals surface area (Å²) in [5, 5.41) is 6.26. The Morgan fingerprint density at radius 2 is 2.10 bits per heavy atom. The van der Waals surface area contributed by atoms with Crippen LogP contribution in [0.2, 0.25) is 0 Å². The van der Waals surface area contributed by atoms with Crippen molar-refractivity contribution in [2.24, 2.45) is 5.41 Å². The zero-order chi connectivity index (χ0) is 13.9. The van der Waals surface area contributed by atoms with Gasteiger partial charge in [0.1, 0.15) is 5.82 Å². The lowest BCUT2D eigenvalue weighted by molar-refractivity contribution is 0.0922. The van der Waals surface area contributed by atoms with E-state index in [9.17, 15) is 9.18 Å². The molecule has 20 heavy (non-hydrogen) atoms. The van der Waals surface area contributed by atoms with E-state index in [1.54, 1.807) is 0 Å². The fourth-order valence-corrected chi connectivity index (χ4v) is 2.62. The number of amides is 1. The van der Waals surface area contributed by atoms with Crippen molar-refractivity contribution in [3.63, 3.8) is 0 Å². The van der Waals surface area contributed by atoms with Crippen LogP contribution in [0.3, 0.4) is 0 Å². The van der Waals surface area contributed by atoms with Crippen molar-refractivity contribution in [1.29, 1.82) is 0 Å². The molecule has 6 heteroatoms. The molecule has 1 fully saturated rings. The lowest BCUT2D eigenvalue weighted by Crippen LogP contribution is -2.42. The average molecular weight is 366 g/mol. The van der Waals surface area contributed by atoms with Crippen LogP contribution in [0.5, 0.6) is 0 Å². The average Bonchev–Trinajstić information content (AvgIpc) is 2.40. The highest BCUT2D eigenvalue weighted by Crippen LogP contribution is 2.26. The van der Waals surface area contributed by atoms with Gasteiger partial charge in [-0.05, 0) is 65.5 Å². The van der Waals surface area contributed by atoms with Gasteiger partial charge in [-0.25, -0.2) is 4.39 Å². The van der Waals surface area contributed by atoms with Gasteiger partial charge in [0.15, 0.2) is 0 Å². The van der Waals surface area contributed by atoms with Gasteiger partial charge in [-0.15, -0.1) is 12.4 Å². The second kappa shape index (κ2) is 7.38. The molecule has 0 bridgehead atoms. The minimum Gasteiger partial charge on any atom is -0.351 e. The van der Waals surface area contributed by atoms with Crippen molar-refractivity contribution in [2.75, 3.05) is 19.6 Å². The molecule has 0 aromatic heterocycles. The molecule has 1 aromatic carbocycles. The number of hydrogen-bond acceptors (Lipinski definition) is 2. The Morgan fingerprint density at radius 1 is 1.45 bits per heavy atom. The van der Waals surface area contributed by atoms with E-state index in [1.807, 2.05) is 0 Å². The highest BCUT2D eigenvalue weighted by atomic mass is 79.9. The Kier molecular flexibility index (Phi) is 6.43. The van der Waals surface area contributed by atoms with E-state index >= 15 is 0 Å². The van der Waals surface area contributed by atoms with Crippen molar-refractivity contribution in [3.8, 4) is 0 Å². The summed E-state index contributed by atoms with van der Waals surface area (Å²) in [5.41, 5.74) is 0.629.